The number of pyridine rings is 1. The lowest BCUT2D eigenvalue weighted by Crippen LogP contribution is -2.38. The molecule has 0 saturated carbocycles. The molecule has 0 aliphatic carbocycles. The summed E-state index contributed by atoms with van der Waals surface area (Å²) in [5.74, 6) is -0.295. The summed E-state index contributed by atoms with van der Waals surface area (Å²) >= 11 is 3.18. The van der Waals surface area contributed by atoms with E-state index in [-0.39, 0.29) is 30.5 Å². The zero-order valence-electron chi connectivity index (χ0n) is 14.2. The summed E-state index contributed by atoms with van der Waals surface area (Å²) in [6, 6.07) is 6.83. The molecular formula is C17H20BrN3O4S. The SMILES string of the molecule is O=C(c1ccc(Br)o1)N(CCS(=O)(=O)N1CCCC1)Cc1cccnc1. The van der Waals surface area contributed by atoms with Crippen molar-refractivity contribution in [1.29, 1.82) is 0 Å². The van der Waals surface area contributed by atoms with Gasteiger partial charge in [0.05, 0.1) is 5.75 Å². The summed E-state index contributed by atoms with van der Waals surface area (Å²) < 4.78 is 32.3. The van der Waals surface area contributed by atoms with Crippen LogP contribution in [0.25, 0.3) is 0 Å². The summed E-state index contributed by atoms with van der Waals surface area (Å²) in [4.78, 5) is 18.3. The van der Waals surface area contributed by atoms with Crippen LogP contribution < -0.4 is 0 Å². The molecule has 7 nitrogen and oxygen atoms in total. The Morgan fingerprint density at radius 1 is 1.27 bits per heavy atom. The molecule has 0 spiro atoms. The van der Waals surface area contributed by atoms with Crippen LogP contribution in [0.4, 0.5) is 0 Å². The number of aromatic nitrogens is 1. The molecule has 2 aromatic rings. The minimum Gasteiger partial charge on any atom is -0.444 e. The van der Waals surface area contributed by atoms with Gasteiger partial charge in [0.25, 0.3) is 5.91 Å². The van der Waals surface area contributed by atoms with E-state index in [4.69, 9.17) is 4.42 Å². The second-order valence-corrected chi connectivity index (χ2v) is 8.98. The minimum atomic E-state index is -3.37. The van der Waals surface area contributed by atoms with Crippen LogP contribution in [0.2, 0.25) is 0 Å². The van der Waals surface area contributed by atoms with E-state index in [1.54, 1.807) is 30.6 Å². The molecule has 0 bridgehead atoms. The molecule has 3 rings (SSSR count). The molecule has 0 atom stereocenters. The molecular weight excluding hydrogens is 422 g/mol. The van der Waals surface area contributed by atoms with Crippen LogP contribution in [0, 0.1) is 0 Å². The standard InChI is InChI=1S/C17H20BrN3O4S/c18-16-6-5-15(25-16)17(22)20(13-14-4-3-7-19-12-14)10-11-26(23,24)21-8-1-2-9-21/h3-7,12H,1-2,8-11,13H2. The molecule has 0 radical (unpaired) electrons. The fraction of sp³-hybridized carbons (Fsp3) is 0.412. The first-order chi connectivity index (χ1) is 12.5. The molecule has 1 aliphatic rings. The van der Waals surface area contributed by atoms with E-state index in [1.165, 1.54) is 9.21 Å². The Hall–Kier alpha value is -1.71. The maximum atomic E-state index is 12.8. The first-order valence-electron chi connectivity index (χ1n) is 8.37. The van der Waals surface area contributed by atoms with Crippen molar-refractivity contribution in [2.75, 3.05) is 25.4 Å². The number of sulfonamides is 1. The first kappa shape index (κ1) is 19.1. The fourth-order valence-corrected chi connectivity index (χ4v) is 4.70. The second kappa shape index (κ2) is 8.32. The smallest absolute Gasteiger partial charge is 0.289 e. The van der Waals surface area contributed by atoms with Gasteiger partial charge in [-0.25, -0.2) is 12.7 Å². The van der Waals surface area contributed by atoms with Crippen molar-refractivity contribution < 1.29 is 17.6 Å². The molecule has 1 saturated heterocycles. The van der Waals surface area contributed by atoms with Crippen LogP contribution >= 0.6 is 15.9 Å². The van der Waals surface area contributed by atoms with Crippen molar-refractivity contribution in [3.8, 4) is 0 Å². The molecule has 140 valence electrons. The van der Waals surface area contributed by atoms with E-state index in [0.29, 0.717) is 17.8 Å². The number of carbonyl (C=O) groups excluding carboxylic acids is 1. The van der Waals surface area contributed by atoms with Gasteiger partial charge < -0.3 is 9.32 Å². The molecule has 3 heterocycles. The molecule has 1 fully saturated rings. The van der Waals surface area contributed by atoms with E-state index in [0.717, 1.165) is 18.4 Å². The number of carbonyl (C=O) groups is 1. The maximum absolute atomic E-state index is 12.8. The van der Waals surface area contributed by atoms with Crippen LogP contribution in [-0.2, 0) is 16.6 Å². The zero-order valence-corrected chi connectivity index (χ0v) is 16.6. The molecule has 1 aliphatic heterocycles. The molecule has 2 aromatic heterocycles. The summed E-state index contributed by atoms with van der Waals surface area (Å²) in [5.41, 5.74) is 0.824. The van der Waals surface area contributed by atoms with E-state index in [9.17, 15) is 13.2 Å². The van der Waals surface area contributed by atoms with Gasteiger partial charge in [-0.3, -0.25) is 9.78 Å². The highest BCUT2D eigenvalue weighted by Crippen LogP contribution is 2.18. The third-order valence-electron chi connectivity index (χ3n) is 4.25. The predicted octanol–water partition coefficient (Wildman–Crippen LogP) is 2.51. The number of furan rings is 1. The van der Waals surface area contributed by atoms with Gasteiger partial charge in [0.15, 0.2) is 10.4 Å². The molecule has 0 N–H and O–H groups in total. The van der Waals surface area contributed by atoms with Crippen molar-refractivity contribution in [3.63, 3.8) is 0 Å². The number of hydrogen-bond donors (Lipinski definition) is 0. The van der Waals surface area contributed by atoms with Gasteiger partial charge in [-0.1, -0.05) is 6.07 Å². The Bertz CT molecular complexity index is 848. The number of amides is 1. The van der Waals surface area contributed by atoms with Gasteiger partial charge in [0.1, 0.15) is 0 Å². The van der Waals surface area contributed by atoms with Gasteiger partial charge >= 0.3 is 0 Å². The highest BCUT2D eigenvalue weighted by atomic mass is 79.9. The molecule has 9 heteroatoms. The van der Waals surface area contributed by atoms with Gasteiger partial charge in [-0.15, -0.1) is 0 Å². The third kappa shape index (κ3) is 4.72. The summed E-state index contributed by atoms with van der Waals surface area (Å²) in [6.45, 7) is 1.47. The monoisotopic (exact) mass is 441 g/mol. The van der Waals surface area contributed by atoms with Crippen molar-refractivity contribution in [1.82, 2.24) is 14.2 Å². The number of nitrogens with zero attached hydrogens (tertiary/aromatic N) is 3. The number of rotatable bonds is 7. The Balaban J connectivity index is 1.75. The van der Waals surface area contributed by atoms with Crippen molar-refractivity contribution in [2.24, 2.45) is 0 Å². The quantitative estimate of drug-likeness (QED) is 0.658. The Morgan fingerprint density at radius 2 is 2.04 bits per heavy atom. The predicted molar refractivity (Wildman–Crippen MR) is 100.0 cm³/mol. The molecule has 1 amide bonds. The lowest BCUT2D eigenvalue weighted by atomic mass is 10.2. The minimum absolute atomic E-state index is 0.0882. The normalized spacial score (nSPS) is 15.3. The van der Waals surface area contributed by atoms with E-state index in [1.807, 2.05) is 6.07 Å². The van der Waals surface area contributed by atoms with Crippen molar-refractivity contribution in [3.05, 3.63) is 52.7 Å². The van der Waals surface area contributed by atoms with E-state index >= 15 is 0 Å². The first-order valence-corrected chi connectivity index (χ1v) is 10.8. The second-order valence-electron chi connectivity index (χ2n) is 6.11. The third-order valence-corrected chi connectivity index (χ3v) is 6.52. The number of hydrogen-bond acceptors (Lipinski definition) is 5. The van der Waals surface area contributed by atoms with Crippen molar-refractivity contribution in [2.45, 2.75) is 19.4 Å². The molecule has 0 unspecified atom stereocenters. The van der Waals surface area contributed by atoms with Crippen LogP contribution in [0.15, 0.2) is 45.7 Å². The molecule has 0 aromatic carbocycles. The average Bonchev–Trinajstić information content (AvgIpc) is 3.31. The maximum Gasteiger partial charge on any atom is 0.289 e. The summed E-state index contributed by atoms with van der Waals surface area (Å²) in [6.07, 6.45) is 5.08. The van der Waals surface area contributed by atoms with Gasteiger partial charge in [-0.05, 0) is 52.5 Å². The van der Waals surface area contributed by atoms with E-state index in [2.05, 4.69) is 20.9 Å². The Morgan fingerprint density at radius 3 is 2.65 bits per heavy atom. The largest absolute Gasteiger partial charge is 0.444 e. The Labute approximate surface area is 161 Å². The topological polar surface area (TPSA) is 83.7 Å². The van der Waals surface area contributed by atoms with Crippen molar-refractivity contribution >= 4 is 31.9 Å². The van der Waals surface area contributed by atoms with Crippen LogP contribution in [0.1, 0.15) is 29.0 Å². The zero-order chi connectivity index (χ0) is 18.6. The van der Waals surface area contributed by atoms with E-state index < -0.39 is 10.0 Å². The fourth-order valence-electron chi connectivity index (χ4n) is 2.87. The van der Waals surface area contributed by atoms with Crippen LogP contribution in [0.3, 0.4) is 0 Å². The van der Waals surface area contributed by atoms with Crippen LogP contribution in [-0.4, -0.2) is 53.9 Å². The Kier molecular flexibility index (Phi) is 6.10. The van der Waals surface area contributed by atoms with Gasteiger partial charge in [0.2, 0.25) is 10.0 Å². The summed E-state index contributed by atoms with van der Waals surface area (Å²) in [5, 5.41) is 0. The molecule has 26 heavy (non-hydrogen) atoms. The van der Waals surface area contributed by atoms with Gasteiger partial charge in [0, 0.05) is 38.6 Å². The lowest BCUT2D eigenvalue weighted by molar-refractivity contribution is 0.0720. The van der Waals surface area contributed by atoms with Gasteiger partial charge in [-0.2, -0.15) is 0 Å². The average molecular weight is 442 g/mol. The highest BCUT2D eigenvalue weighted by molar-refractivity contribution is 9.10. The number of halogens is 1. The summed E-state index contributed by atoms with van der Waals surface area (Å²) in [7, 11) is -3.37. The van der Waals surface area contributed by atoms with Crippen LogP contribution in [0.5, 0.6) is 0 Å². The lowest BCUT2D eigenvalue weighted by Gasteiger charge is -2.23. The highest BCUT2D eigenvalue weighted by Gasteiger charge is 2.27.